The molecule has 4 nitrogen and oxygen atoms in total. The Morgan fingerprint density at radius 1 is 1.16 bits per heavy atom. The molecular weight excluding hydrogens is 352 g/mol. The zero-order valence-electron chi connectivity index (χ0n) is 14.0. The van der Waals surface area contributed by atoms with Gasteiger partial charge in [-0.05, 0) is 49.7 Å². The number of para-hydroxylation sites is 1. The average Bonchev–Trinajstić information content (AvgIpc) is 3.02. The minimum atomic E-state index is -0.215. The van der Waals surface area contributed by atoms with E-state index >= 15 is 0 Å². The number of fused-ring (bicyclic) bond motifs is 1. The Morgan fingerprint density at radius 2 is 1.88 bits per heavy atom. The van der Waals surface area contributed by atoms with Crippen LogP contribution in [0.2, 0.25) is 0 Å². The van der Waals surface area contributed by atoms with Gasteiger partial charge in [0.2, 0.25) is 5.91 Å². The van der Waals surface area contributed by atoms with Crippen LogP contribution in [-0.2, 0) is 4.79 Å². The number of hydrogen-bond acceptors (Lipinski definition) is 5. The number of nitrogens with zero attached hydrogens (tertiary/aromatic N) is 1. The molecule has 0 bridgehead atoms. The fourth-order valence-corrected chi connectivity index (χ4v) is 4.59. The van der Waals surface area contributed by atoms with E-state index in [9.17, 15) is 9.59 Å². The summed E-state index contributed by atoms with van der Waals surface area (Å²) in [6, 6.07) is 14.9. The minimum absolute atomic E-state index is 0.00991. The van der Waals surface area contributed by atoms with Crippen LogP contribution >= 0.6 is 23.1 Å². The molecule has 1 heterocycles. The smallest absolute Gasteiger partial charge is 0.237 e. The quantitative estimate of drug-likeness (QED) is 0.489. The SMILES string of the molecule is CCC(Sc1nc2ccccc2s1)C(=O)Nc1ccc(C(C)=O)cc1. The highest BCUT2D eigenvalue weighted by Crippen LogP contribution is 2.33. The second-order valence-corrected chi connectivity index (χ2v) is 8.07. The van der Waals surface area contributed by atoms with Gasteiger partial charge in [0.25, 0.3) is 0 Å². The van der Waals surface area contributed by atoms with Crippen molar-refractivity contribution in [1.82, 2.24) is 4.98 Å². The number of thiazole rings is 1. The van der Waals surface area contributed by atoms with Crippen molar-refractivity contribution in [2.24, 2.45) is 0 Å². The van der Waals surface area contributed by atoms with E-state index in [2.05, 4.69) is 10.3 Å². The molecule has 3 rings (SSSR count). The van der Waals surface area contributed by atoms with Gasteiger partial charge < -0.3 is 5.32 Å². The summed E-state index contributed by atoms with van der Waals surface area (Å²) in [5.74, 6) is -0.0435. The molecule has 3 aromatic rings. The molecule has 1 N–H and O–H groups in total. The number of carbonyl (C=O) groups is 2. The molecule has 0 saturated heterocycles. The second kappa shape index (κ2) is 7.80. The Balaban J connectivity index is 1.69. The lowest BCUT2D eigenvalue weighted by atomic mass is 10.1. The first-order valence-electron chi connectivity index (χ1n) is 8.01. The van der Waals surface area contributed by atoms with Crippen molar-refractivity contribution >= 4 is 50.7 Å². The number of amides is 1. The topological polar surface area (TPSA) is 59.1 Å². The summed E-state index contributed by atoms with van der Waals surface area (Å²) in [6.07, 6.45) is 0.706. The van der Waals surface area contributed by atoms with E-state index in [4.69, 9.17) is 0 Å². The zero-order valence-corrected chi connectivity index (χ0v) is 15.6. The molecule has 1 amide bonds. The first-order valence-corrected chi connectivity index (χ1v) is 9.70. The van der Waals surface area contributed by atoms with Crippen molar-refractivity contribution < 1.29 is 9.59 Å². The lowest BCUT2D eigenvalue weighted by Crippen LogP contribution is -2.24. The molecule has 0 aliphatic heterocycles. The highest BCUT2D eigenvalue weighted by atomic mass is 32.2. The highest BCUT2D eigenvalue weighted by molar-refractivity contribution is 8.02. The number of anilines is 1. The normalized spacial score (nSPS) is 12.1. The summed E-state index contributed by atoms with van der Waals surface area (Å²) in [5, 5.41) is 2.70. The monoisotopic (exact) mass is 370 g/mol. The molecular formula is C19H18N2O2S2. The molecule has 0 spiro atoms. The molecule has 6 heteroatoms. The van der Waals surface area contributed by atoms with Crippen molar-refractivity contribution in [3.63, 3.8) is 0 Å². The average molecular weight is 370 g/mol. The Bertz CT molecular complexity index is 870. The van der Waals surface area contributed by atoms with E-state index in [-0.39, 0.29) is 16.9 Å². The van der Waals surface area contributed by atoms with Gasteiger partial charge >= 0.3 is 0 Å². The Morgan fingerprint density at radius 3 is 2.52 bits per heavy atom. The lowest BCUT2D eigenvalue weighted by Gasteiger charge is -2.13. The van der Waals surface area contributed by atoms with Crippen LogP contribution in [0.3, 0.4) is 0 Å². The highest BCUT2D eigenvalue weighted by Gasteiger charge is 2.20. The van der Waals surface area contributed by atoms with Crippen molar-refractivity contribution in [2.75, 3.05) is 5.32 Å². The fourth-order valence-electron chi connectivity index (χ4n) is 2.36. The molecule has 128 valence electrons. The van der Waals surface area contributed by atoms with Crippen LogP contribution < -0.4 is 5.32 Å². The third kappa shape index (κ3) is 4.27. The predicted molar refractivity (Wildman–Crippen MR) is 105 cm³/mol. The van der Waals surface area contributed by atoms with E-state index in [1.165, 1.54) is 18.7 Å². The van der Waals surface area contributed by atoms with Crippen LogP contribution in [0.25, 0.3) is 10.2 Å². The molecule has 0 radical (unpaired) electrons. The number of benzene rings is 2. The first kappa shape index (κ1) is 17.6. The summed E-state index contributed by atoms with van der Waals surface area (Å²) < 4.78 is 2.02. The molecule has 25 heavy (non-hydrogen) atoms. The van der Waals surface area contributed by atoms with E-state index < -0.39 is 0 Å². The van der Waals surface area contributed by atoms with Crippen molar-refractivity contribution in [2.45, 2.75) is 29.9 Å². The molecule has 0 aliphatic rings. The van der Waals surface area contributed by atoms with Gasteiger partial charge in [-0.25, -0.2) is 4.98 Å². The van der Waals surface area contributed by atoms with E-state index in [0.717, 1.165) is 14.6 Å². The Labute approximate surface area is 154 Å². The summed E-state index contributed by atoms with van der Waals surface area (Å²) in [7, 11) is 0. The molecule has 1 atom stereocenters. The number of hydrogen-bond donors (Lipinski definition) is 1. The number of ketones is 1. The Kier molecular flexibility index (Phi) is 5.50. The van der Waals surface area contributed by atoms with Gasteiger partial charge in [-0.1, -0.05) is 30.8 Å². The molecule has 0 fully saturated rings. The zero-order chi connectivity index (χ0) is 17.8. The molecule has 1 aromatic heterocycles. The Hall–Kier alpha value is -2.18. The predicted octanol–water partition coefficient (Wildman–Crippen LogP) is 5.01. The number of thioether (sulfide) groups is 1. The molecule has 0 aliphatic carbocycles. The maximum Gasteiger partial charge on any atom is 0.237 e. The maximum absolute atomic E-state index is 12.6. The lowest BCUT2D eigenvalue weighted by molar-refractivity contribution is -0.115. The van der Waals surface area contributed by atoms with Gasteiger partial charge in [-0.15, -0.1) is 11.3 Å². The van der Waals surface area contributed by atoms with Crippen molar-refractivity contribution in [3.05, 3.63) is 54.1 Å². The van der Waals surface area contributed by atoms with Crippen molar-refractivity contribution in [3.8, 4) is 0 Å². The molecule has 1 unspecified atom stereocenters. The number of nitrogens with one attached hydrogen (secondary N) is 1. The van der Waals surface area contributed by atoms with Gasteiger partial charge in [0.1, 0.15) is 0 Å². The van der Waals surface area contributed by atoms with Gasteiger partial charge in [-0.2, -0.15) is 0 Å². The summed E-state index contributed by atoms with van der Waals surface area (Å²) >= 11 is 3.10. The summed E-state index contributed by atoms with van der Waals surface area (Å²) in [6.45, 7) is 3.51. The van der Waals surface area contributed by atoms with E-state index in [1.54, 1.807) is 35.6 Å². The van der Waals surface area contributed by atoms with Gasteiger partial charge in [0, 0.05) is 11.3 Å². The molecule has 0 saturated carbocycles. The standard InChI is InChI=1S/C19H18N2O2S2/c1-3-16(24-19-21-15-6-4-5-7-17(15)25-19)18(23)20-14-10-8-13(9-11-14)12(2)22/h4-11,16H,3H2,1-2H3,(H,20,23). The number of Topliss-reactive ketones (excluding diaryl/α,β-unsaturated/α-hetero) is 1. The molecule has 2 aromatic carbocycles. The fraction of sp³-hybridized carbons (Fsp3) is 0.211. The van der Waals surface area contributed by atoms with Crippen molar-refractivity contribution in [1.29, 1.82) is 0 Å². The third-order valence-corrected chi connectivity index (χ3v) is 6.23. The van der Waals surface area contributed by atoms with Gasteiger partial charge in [0.15, 0.2) is 10.1 Å². The van der Waals surface area contributed by atoms with Gasteiger partial charge in [-0.3, -0.25) is 9.59 Å². The van der Waals surface area contributed by atoms with Crippen LogP contribution in [0.5, 0.6) is 0 Å². The van der Waals surface area contributed by atoms with Crippen LogP contribution in [0.4, 0.5) is 5.69 Å². The third-order valence-electron chi connectivity index (χ3n) is 3.74. The minimum Gasteiger partial charge on any atom is -0.325 e. The number of aromatic nitrogens is 1. The van der Waals surface area contributed by atoms with Crippen LogP contribution in [0.15, 0.2) is 52.9 Å². The van der Waals surface area contributed by atoms with E-state index in [0.29, 0.717) is 17.7 Å². The van der Waals surface area contributed by atoms with E-state index in [1.807, 2.05) is 31.2 Å². The number of rotatable bonds is 6. The summed E-state index contributed by atoms with van der Waals surface area (Å²) in [5.41, 5.74) is 2.29. The summed E-state index contributed by atoms with van der Waals surface area (Å²) in [4.78, 5) is 28.5. The van der Waals surface area contributed by atoms with Crippen LogP contribution in [0.1, 0.15) is 30.6 Å². The van der Waals surface area contributed by atoms with Gasteiger partial charge in [0.05, 0.1) is 15.5 Å². The second-order valence-electron chi connectivity index (χ2n) is 5.59. The first-order chi connectivity index (χ1) is 12.1. The van der Waals surface area contributed by atoms with Crippen LogP contribution in [-0.4, -0.2) is 21.9 Å². The maximum atomic E-state index is 12.6. The van der Waals surface area contributed by atoms with Crippen LogP contribution in [0, 0.1) is 0 Å². The number of carbonyl (C=O) groups excluding carboxylic acids is 2. The largest absolute Gasteiger partial charge is 0.325 e.